The predicted molar refractivity (Wildman–Crippen MR) is 138 cm³/mol. The number of hydrogen-bond acceptors (Lipinski definition) is 3. The Balaban J connectivity index is 1.68. The molecule has 0 spiro atoms. The highest BCUT2D eigenvalue weighted by Gasteiger charge is 2.28. The van der Waals surface area contributed by atoms with Gasteiger partial charge in [0.05, 0.1) is 0 Å². The third-order valence-corrected chi connectivity index (χ3v) is 7.68. The average Bonchev–Trinajstić information content (AvgIpc) is 2.80. The zero-order chi connectivity index (χ0) is 23.8. The van der Waals surface area contributed by atoms with Crippen LogP contribution in [0.2, 0.25) is 10.0 Å². The molecule has 1 saturated carbocycles. The molecule has 2 aromatic carbocycles. The van der Waals surface area contributed by atoms with Gasteiger partial charge >= 0.3 is 0 Å². The molecule has 1 aliphatic carbocycles. The Hall–Kier alpha value is -1.69. The molecule has 4 nitrogen and oxygen atoms in total. The van der Waals surface area contributed by atoms with Crippen LogP contribution in [0.15, 0.2) is 47.4 Å². The van der Waals surface area contributed by atoms with Crippen LogP contribution in [0.25, 0.3) is 0 Å². The summed E-state index contributed by atoms with van der Waals surface area (Å²) < 4.78 is 0. The fourth-order valence-corrected chi connectivity index (χ4v) is 5.33. The number of benzene rings is 2. The van der Waals surface area contributed by atoms with Crippen molar-refractivity contribution in [3.63, 3.8) is 0 Å². The highest BCUT2D eigenvalue weighted by molar-refractivity contribution is 7.99. The minimum Gasteiger partial charge on any atom is -0.352 e. The topological polar surface area (TPSA) is 49.4 Å². The van der Waals surface area contributed by atoms with Crippen molar-refractivity contribution in [3.05, 3.63) is 63.6 Å². The highest BCUT2D eigenvalue weighted by Crippen LogP contribution is 2.25. The van der Waals surface area contributed by atoms with Crippen LogP contribution >= 0.6 is 35.0 Å². The minimum absolute atomic E-state index is 0.0630. The van der Waals surface area contributed by atoms with Gasteiger partial charge in [0.15, 0.2) is 0 Å². The monoisotopic (exact) mass is 506 g/mol. The molecule has 7 heteroatoms. The molecule has 1 N–H and O–H groups in total. The van der Waals surface area contributed by atoms with Crippen LogP contribution in [0.5, 0.6) is 0 Å². The number of rotatable bonds is 9. The van der Waals surface area contributed by atoms with Gasteiger partial charge in [0.1, 0.15) is 6.04 Å². The first-order chi connectivity index (χ1) is 15.8. The highest BCUT2D eigenvalue weighted by atomic mass is 35.5. The smallest absolute Gasteiger partial charge is 0.242 e. The molecule has 0 bridgehead atoms. The van der Waals surface area contributed by atoms with Crippen molar-refractivity contribution in [3.8, 4) is 0 Å². The van der Waals surface area contributed by atoms with E-state index in [0.717, 1.165) is 36.1 Å². The van der Waals surface area contributed by atoms with Gasteiger partial charge in [-0.2, -0.15) is 0 Å². The largest absolute Gasteiger partial charge is 0.352 e. The molecular weight excluding hydrogens is 475 g/mol. The van der Waals surface area contributed by atoms with Crippen LogP contribution in [-0.2, 0) is 16.1 Å². The van der Waals surface area contributed by atoms with Crippen LogP contribution in [0.3, 0.4) is 0 Å². The normalized spacial score (nSPS) is 15.2. The van der Waals surface area contributed by atoms with Crippen LogP contribution in [0.4, 0.5) is 0 Å². The van der Waals surface area contributed by atoms with Crippen molar-refractivity contribution in [1.82, 2.24) is 10.2 Å². The van der Waals surface area contributed by atoms with E-state index in [0.29, 0.717) is 22.2 Å². The van der Waals surface area contributed by atoms with E-state index in [9.17, 15) is 9.59 Å². The van der Waals surface area contributed by atoms with Gasteiger partial charge in [-0.3, -0.25) is 9.59 Å². The number of amides is 2. The first-order valence-electron chi connectivity index (χ1n) is 11.6. The van der Waals surface area contributed by atoms with Gasteiger partial charge in [-0.25, -0.2) is 0 Å². The summed E-state index contributed by atoms with van der Waals surface area (Å²) in [6, 6.07) is 13.1. The molecule has 1 atom stereocenters. The predicted octanol–water partition coefficient (Wildman–Crippen LogP) is 6.65. The first-order valence-corrected chi connectivity index (χ1v) is 13.3. The third-order valence-electron chi connectivity index (χ3n) is 6.08. The van der Waals surface area contributed by atoms with Gasteiger partial charge < -0.3 is 10.2 Å². The maximum atomic E-state index is 13.3. The first kappa shape index (κ1) is 25.9. The van der Waals surface area contributed by atoms with E-state index in [2.05, 4.69) is 36.5 Å². The number of nitrogens with zero attached hydrogens (tertiary/aromatic N) is 1. The quantitative estimate of drug-likeness (QED) is 0.387. The summed E-state index contributed by atoms with van der Waals surface area (Å²) in [7, 11) is 0. The summed E-state index contributed by atoms with van der Waals surface area (Å²) in [5.41, 5.74) is 1.98. The van der Waals surface area contributed by atoms with Crippen LogP contribution < -0.4 is 5.32 Å². The van der Waals surface area contributed by atoms with Crippen molar-refractivity contribution in [2.45, 2.75) is 75.9 Å². The second kappa shape index (κ2) is 12.7. The minimum atomic E-state index is -0.587. The molecule has 178 valence electrons. The molecule has 1 aliphatic rings. The number of hydrogen-bond donors (Lipinski definition) is 1. The summed E-state index contributed by atoms with van der Waals surface area (Å²) in [6.07, 6.45) is 5.84. The van der Waals surface area contributed by atoms with Gasteiger partial charge in [-0.05, 0) is 56.5 Å². The Labute approximate surface area is 211 Å². The molecule has 2 amide bonds. The number of thioether (sulfide) groups is 1. The molecular formula is C26H32Cl2N2O2S. The molecule has 2 aromatic rings. The molecule has 33 heavy (non-hydrogen) atoms. The van der Waals surface area contributed by atoms with E-state index >= 15 is 0 Å². The fraction of sp³-hybridized carbons (Fsp3) is 0.462. The van der Waals surface area contributed by atoms with Crippen LogP contribution in [0.1, 0.15) is 56.6 Å². The van der Waals surface area contributed by atoms with E-state index < -0.39 is 6.04 Å². The second-order valence-electron chi connectivity index (χ2n) is 8.69. The number of carbonyl (C=O) groups excluding carboxylic acids is 2. The van der Waals surface area contributed by atoms with Crippen molar-refractivity contribution in [2.75, 3.05) is 5.75 Å². The summed E-state index contributed by atoms with van der Waals surface area (Å²) >= 11 is 14.1. The van der Waals surface area contributed by atoms with Gasteiger partial charge in [0.2, 0.25) is 11.8 Å². The maximum Gasteiger partial charge on any atom is 0.242 e. The Morgan fingerprint density at radius 2 is 1.79 bits per heavy atom. The van der Waals surface area contributed by atoms with E-state index in [4.69, 9.17) is 23.2 Å². The lowest BCUT2D eigenvalue weighted by atomic mass is 9.95. The SMILES string of the molecule is Cc1ccc(SCCC(=O)N(Cc2ccc(Cl)cc2Cl)[C@@H](C)C(=O)NC2CCCCC2)cc1. The van der Waals surface area contributed by atoms with E-state index in [1.165, 1.54) is 12.0 Å². The summed E-state index contributed by atoms with van der Waals surface area (Å²) in [5.74, 6) is 0.474. The Morgan fingerprint density at radius 3 is 2.45 bits per heavy atom. The lowest BCUT2D eigenvalue weighted by Gasteiger charge is -2.31. The molecule has 0 aliphatic heterocycles. The summed E-state index contributed by atoms with van der Waals surface area (Å²) in [5, 5.41) is 4.19. The average molecular weight is 508 g/mol. The molecule has 0 heterocycles. The third kappa shape index (κ3) is 7.94. The molecule has 0 radical (unpaired) electrons. The van der Waals surface area contributed by atoms with Crippen LogP contribution in [0, 0.1) is 6.92 Å². The standard InChI is InChI=1S/C26H32Cl2N2O2S/c1-18-8-12-23(13-9-18)33-15-14-25(31)30(17-20-10-11-21(27)16-24(20)28)19(2)26(32)29-22-6-4-3-5-7-22/h8-13,16,19,22H,3-7,14-15,17H2,1-2H3,(H,29,32)/t19-/m0/s1. The van der Waals surface area contributed by atoms with Crippen molar-refractivity contribution >= 4 is 46.8 Å². The number of halogens is 2. The van der Waals surface area contributed by atoms with Gasteiger partial charge in [-0.1, -0.05) is 66.2 Å². The second-order valence-corrected chi connectivity index (χ2v) is 10.7. The Kier molecular flexibility index (Phi) is 9.96. The molecule has 0 saturated heterocycles. The number of aryl methyl sites for hydroxylation is 1. The fourth-order valence-electron chi connectivity index (χ4n) is 4.02. The number of nitrogens with one attached hydrogen (secondary N) is 1. The lowest BCUT2D eigenvalue weighted by molar-refractivity contribution is -0.140. The van der Waals surface area contributed by atoms with Crippen molar-refractivity contribution in [1.29, 1.82) is 0 Å². The lowest BCUT2D eigenvalue weighted by Crippen LogP contribution is -2.50. The maximum absolute atomic E-state index is 13.3. The van der Waals surface area contributed by atoms with Gasteiger partial charge in [0, 0.05) is 39.7 Å². The van der Waals surface area contributed by atoms with Crippen molar-refractivity contribution < 1.29 is 9.59 Å². The van der Waals surface area contributed by atoms with E-state index in [1.807, 2.05) is 6.07 Å². The van der Waals surface area contributed by atoms with Gasteiger partial charge in [0.25, 0.3) is 0 Å². The zero-order valence-electron chi connectivity index (χ0n) is 19.3. The molecule has 0 aromatic heterocycles. The van der Waals surface area contributed by atoms with Gasteiger partial charge in [-0.15, -0.1) is 11.8 Å². The summed E-state index contributed by atoms with van der Waals surface area (Å²) in [6.45, 7) is 4.12. The Bertz CT molecular complexity index is 946. The molecule has 0 unspecified atom stereocenters. The molecule has 1 fully saturated rings. The van der Waals surface area contributed by atoms with E-state index in [1.54, 1.807) is 35.7 Å². The summed E-state index contributed by atoms with van der Waals surface area (Å²) in [4.78, 5) is 29.1. The van der Waals surface area contributed by atoms with Crippen LogP contribution in [-0.4, -0.2) is 34.6 Å². The van der Waals surface area contributed by atoms with E-state index in [-0.39, 0.29) is 24.4 Å². The number of carbonyl (C=O) groups is 2. The zero-order valence-corrected chi connectivity index (χ0v) is 21.6. The van der Waals surface area contributed by atoms with Crippen molar-refractivity contribution in [2.24, 2.45) is 0 Å². The molecule has 3 rings (SSSR count). The Morgan fingerprint density at radius 1 is 1.09 bits per heavy atom.